The molecule has 5 heteroatoms. The quantitative estimate of drug-likeness (QED) is 0.596. The molecule has 0 saturated heterocycles. The number of rotatable bonds is 6. The second-order valence-corrected chi connectivity index (χ2v) is 5.02. The summed E-state index contributed by atoms with van der Waals surface area (Å²) in [7, 11) is 6.55. The van der Waals surface area contributed by atoms with Crippen LogP contribution in [0.5, 0.6) is 17.2 Å². The monoisotopic (exact) mass is 296 g/mol. The molecule has 1 aliphatic carbocycles. The number of hydrogen-bond acceptors (Lipinski definition) is 5. The molecule has 1 aromatic rings. The molecule has 1 unspecified atom stereocenters. The Labute approximate surface area is 126 Å². The van der Waals surface area contributed by atoms with Gasteiger partial charge in [-0.1, -0.05) is 6.42 Å². The maximum absolute atomic E-state index is 5.84. The first-order valence-electron chi connectivity index (χ1n) is 7.19. The van der Waals surface area contributed by atoms with Crippen molar-refractivity contribution in [1.82, 2.24) is 0 Å². The predicted octanol–water partition coefficient (Wildman–Crippen LogP) is 3.10. The highest BCUT2D eigenvalue weighted by atomic mass is 16.7. The molecule has 0 fully saturated rings. The van der Waals surface area contributed by atoms with Crippen molar-refractivity contribution in [2.24, 2.45) is 0 Å². The molecule has 0 bridgehead atoms. The van der Waals surface area contributed by atoms with E-state index >= 15 is 0 Å². The summed E-state index contributed by atoms with van der Waals surface area (Å²) in [4.78, 5) is 0. The first kappa shape index (κ1) is 15.9. The molecule has 0 heterocycles. The lowest BCUT2D eigenvalue weighted by atomic mass is 9.98. The number of fused-ring (bicyclic) bond motifs is 1. The van der Waals surface area contributed by atoms with Crippen LogP contribution in [0.1, 0.15) is 36.5 Å². The van der Waals surface area contributed by atoms with Crippen molar-refractivity contribution in [2.75, 3.05) is 35.2 Å². The molecule has 1 aliphatic rings. The van der Waals surface area contributed by atoms with E-state index in [2.05, 4.69) is 0 Å². The van der Waals surface area contributed by atoms with Gasteiger partial charge in [0.1, 0.15) is 6.79 Å². The number of ether oxygens (including phenoxy) is 5. The zero-order valence-corrected chi connectivity index (χ0v) is 13.2. The predicted molar refractivity (Wildman–Crippen MR) is 79.4 cm³/mol. The van der Waals surface area contributed by atoms with Crippen LogP contribution in [-0.2, 0) is 15.9 Å². The van der Waals surface area contributed by atoms with Gasteiger partial charge in [0, 0.05) is 12.7 Å². The minimum absolute atomic E-state index is 0.00356. The maximum atomic E-state index is 5.84. The Morgan fingerprint density at radius 2 is 1.76 bits per heavy atom. The first-order valence-corrected chi connectivity index (χ1v) is 7.19. The third-order valence-electron chi connectivity index (χ3n) is 3.84. The molecular weight excluding hydrogens is 272 g/mol. The van der Waals surface area contributed by atoms with Crippen LogP contribution in [0.3, 0.4) is 0 Å². The molecule has 118 valence electrons. The molecule has 0 amide bonds. The Balaban J connectivity index is 2.52. The molecule has 0 N–H and O–H groups in total. The van der Waals surface area contributed by atoms with E-state index in [9.17, 15) is 0 Å². The van der Waals surface area contributed by atoms with E-state index in [4.69, 9.17) is 23.7 Å². The topological polar surface area (TPSA) is 46.2 Å². The van der Waals surface area contributed by atoms with E-state index < -0.39 is 0 Å². The lowest BCUT2D eigenvalue weighted by molar-refractivity contribution is -0.0759. The summed E-state index contributed by atoms with van der Waals surface area (Å²) < 4.78 is 27.4. The maximum Gasteiger partial charge on any atom is 0.203 e. The van der Waals surface area contributed by atoms with Gasteiger partial charge in [-0.25, -0.2) is 0 Å². The normalized spacial score (nSPS) is 17.8. The Morgan fingerprint density at radius 1 is 1.00 bits per heavy atom. The summed E-state index contributed by atoms with van der Waals surface area (Å²) in [5, 5.41) is 0. The standard InChI is InChI=1S/C16H24O5/c1-17-10-21-13-8-6-5-7-11-12(13)9-14(18-2)16(20-4)15(11)19-3/h9,13H,5-8,10H2,1-4H3. The Hall–Kier alpha value is -1.46. The molecule has 0 saturated carbocycles. The van der Waals surface area contributed by atoms with Gasteiger partial charge in [0.25, 0.3) is 0 Å². The van der Waals surface area contributed by atoms with Crippen LogP contribution < -0.4 is 14.2 Å². The van der Waals surface area contributed by atoms with E-state index in [0.717, 1.165) is 42.6 Å². The van der Waals surface area contributed by atoms with E-state index in [-0.39, 0.29) is 12.9 Å². The summed E-state index contributed by atoms with van der Waals surface area (Å²) in [6, 6.07) is 2.00. The van der Waals surface area contributed by atoms with E-state index in [0.29, 0.717) is 11.5 Å². The number of hydrogen-bond donors (Lipinski definition) is 0. The van der Waals surface area contributed by atoms with Gasteiger partial charge in [-0.15, -0.1) is 0 Å². The molecule has 5 nitrogen and oxygen atoms in total. The Kier molecular flexibility index (Phi) is 5.70. The van der Waals surface area contributed by atoms with Gasteiger partial charge in [-0.05, 0) is 30.9 Å². The minimum Gasteiger partial charge on any atom is -0.493 e. The van der Waals surface area contributed by atoms with Crippen LogP contribution in [-0.4, -0.2) is 35.2 Å². The molecule has 0 spiro atoms. The Morgan fingerprint density at radius 3 is 2.38 bits per heavy atom. The van der Waals surface area contributed by atoms with Crippen LogP contribution in [0, 0.1) is 0 Å². The Bertz CT molecular complexity index is 472. The number of methoxy groups -OCH3 is 4. The zero-order chi connectivity index (χ0) is 15.2. The highest BCUT2D eigenvalue weighted by Gasteiger charge is 2.27. The molecular formula is C16H24O5. The summed E-state index contributed by atoms with van der Waals surface area (Å²) in [6.07, 6.45) is 4.12. The van der Waals surface area contributed by atoms with Crippen molar-refractivity contribution in [3.63, 3.8) is 0 Å². The molecule has 0 aliphatic heterocycles. The SMILES string of the molecule is COCOC1CCCCc2c1cc(OC)c(OC)c2OC. The third kappa shape index (κ3) is 3.24. The fourth-order valence-corrected chi connectivity index (χ4v) is 2.89. The summed E-state index contributed by atoms with van der Waals surface area (Å²) in [6.45, 7) is 0.279. The van der Waals surface area contributed by atoms with Crippen molar-refractivity contribution < 1.29 is 23.7 Å². The summed E-state index contributed by atoms with van der Waals surface area (Å²) in [5.74, 6) is 2.06. The number of benzene rings is 1. The van der Waals surface area contributed by atoms with Gasteiger partial charge in [-0.2, -0.15) is 0 Å². The van der Waals surface area contributed by atoms with Gasteiger partial charge in [0.15, 0.2) is 11.5 Å². The molecule has 0 radical (unpaired) electrons. The average molecular weight is 296 g/mol. The van der Waals surface area contributed by atoms with Gasteiger partial charge >= 0.3 is 0 Å². The second-order valence-electron chi connectivity index (χ2n) is 5.02. The minimum atomic E-state index is -0.00356. The van der Waals surface area contributed by atoms with Gasteiger partial charge in [-0.3, -0.25) is 0 Å². The van der Waals surface area contributed by atoms with Crippen LogP contribution in [0.25, 0.3) is 0 Å². The van der Waals surface area contributed by atoms with E-state index in [1.54, 1.807) is 28.4 Å². The zero-order valence-electron chi connectivity index (χ0n) is 13.2. The van der Waals surface area contributed by atoms with Crippen LogP contribution in [0.2, 0.25) is 0 Å². The van der Waals surface area contributed by atoms with Crippen LogP contribution >= 0.6 is 0 Å². The highest BCUT2D eigenvalue weighted by molar-refractivity contribution is 5.60. The smallest absolute Gasteiger partial charge is 0.203 e. The lowest BCUT2D eigenvalue weighted by Crippen LogP contribution is -2.09. The average Bonchev–Trinajstić information content (AvgIpc) is 2.72. The van der Waals surface area contributed by atoms with Crippen molar-refractivity contribution in [2.45, 2.75) is 31.8 Å². The fourth-order valence-electron chi connectivity index (χ4n) is 2.89. The van der Waals surface area contributed by atoms with Crippen molar-refractivity contribution >= 4 is 0 Å². The van der Waals surface area contributed by atoms with Gasteiger partial charge in [0.2, 0.25) is 5.75 Å². The highest BCUT2D eigenvalue weighted by Crippen LogP contribution is 2.46. The van der Waals surface area contributed by atoms with Crippen molar-refractivity contribution in [1.29, 1.82) is 0 Å². The molecule has 2 rings (SSSR count). The first-order chi connectivity index (χ1) is 10.3. The van der Waals surface area contributed by atoms with Crippen LogP contribution in [0.4, 0.5) is 0 Å². The second kappa shape index (κ2) is 7.52. The van der Waals surface area contributed by atoms with E-state index in [1.807, 2.05) is 6.07 Å². The van der Waals surface area contributed by atoms with Crippen molar-refractivity contribution in [3.8, 4) is 17.2 Å². The summed E-state index contributed by atoms with van der Waals surface area (Å²) in [5.41, 5.74) is 2.26. The lowest BCUT2D eigenvalue weighted by Gasteiger charge is -2.22. The molecule has 1 aromatic carbocycles. The molecule has 21 heavy (non-hydrogen) atoms. The van der Waals surface area contributed by atoms with Gasteiger partial charge < -0.3 is 23.7 Å². The molecule has 1 atom stereocenters. The van der Waals surface area contributed by atoms with E-state index in [1.165, 1.54) is 0 Å². The van der Waals surface area contributed by atoms with Crippen LogP contribution in [0.15, 0.2) is 6.07 Å². The van der Waals surface area contributed by atoms with Crippen molar-refractivity contribution in [3.05, 3.63) is 17.2 Å². The third-order valence-corrected chi connectivity index (χ3v) is 3.84. The largest absolute Gasteiger partial charge is 0.493 e. The fraction of sp³-hybridized carbons (Fsp3) is 0.625. The van der Waals surface area contributed by atoms with Gasteiger partial charge in [0.05, 0.1) is 27.4 Å². The summed E-state index contributed by atoms with van der Waals surface area (Å²) >= 11 is 0. The molecule has 0 aromatic heterocycles.